The summed E-state index contributed by atoms with van der Waals surface area (Å²) in [5.41, 5.74) is 1.07. The van der Waals surface area contributed by atoms with Gasteiger partial charge in [0, 0.05) is 0 Å². The maximum absolute atomic E-state index is 5.16. The van der Waals surface area contributed by atoms with Gasteiger partial charge in [-0.25, -0.2) is 0 Å². The normalized spacial score (nSPS) is 9.82. The van der Waals surface area contributed by atoms with Crippen molar-refractivity contribution in [3.05, 3.63) is 42.8 Å². The molecule has 0 radical (unpaired) electrons. The minimum atomic E-state index is 0.797. The summed E-state index contributed by atoms with van der Waals surface area (Å²) in [6, 6.07) is 9.93. The Morgan fingerprint density at radius 2 is 1.91 bits per heavy atom. The van der Waals surface area contributed by atoms with Gasteiger partial charge in [0.1, 0.15) is 0 Å². The molecule has 0 amide bonds. The smallest absolute Gasteiger partial charge is 0.378 e. The largest absolute Gasteiger partial charge is 0.406 e. The molecule has 0 atom stereocenters. The number of aromatic amines is 1. The van der Waals surface area contributed by atoms with Crippen molar-refractivity contribution < 1.29 is 9.40 Å². The van der Waals surface area contributed by atoms with E-state index in [4.69, 9.17) is 4.42 Å². The van der Waals surface area contributed by atoms with Crippen molar-refractivity contribution in [1.29, 1.82) is 0 Å². The van der Waals surface area contributed by atoms with Crippen LogP contribution in [0, 0.1) is 0 Å². The molecule has 1 aromatic carbocycles. The van der Waals surface area contributed by atoms with Gasteiger partial charge in [-0.05, 0) is 12.1 Å². The van der Waals surface area contributed by atoms with Gasteiger partial charge < -0.3 is 4.42 Å². The van der Waals surface area contributed by atoms with E-state index >= 15 is 0 Å². The number of rotatable bonds is 1. The summed E-state index contributed by atoms with van der Waals surface area (Å²) in [4.78, 5) is 2.99. The lowest BCUT2D eigenvalue weighted by molar-refractivity contribution is -0.368. The highest BCUT2D eigenvalue weighted by Crippen LogP contribution is 2.11. The van der Waals surface area contributed by atoms with Crippen LogP contribution in [0.4, 0.5) is 0 Å². The van der Waals surface area contributed by atoms with Crippen molar-refractivity contribution in [2.75, 3.05) is 0 Å². The number of oxazole rings is 1. The molecule has 0 aliphatic rings. The average Bonchev–Trinajstić information content (AvgIpc) is 2.58. The van der Waals surface area contributed by atoms with E-state index < -0.39 is 0 Å². The molecule has 1 heterocycles. The lowest BCUT2D eigenvalue weighted by Gasteiger charge is -1.86. The predicted octanol–water partition coefficient (Wildman–Crippen LogP) is 1.76. The van der Waals surface area contributed by atoms with Gasteiger partial charge >= 0.3 is 5.89 Å². The van der Waals surface area contributed by atoms with Gasteiger partial charge in [-0.2, -0.15) is 4.98 Å². The highest BCUT2D eigenvalue weighted by atomic mass is 16.3. The lowest BCUT2D eigenvalue weighted by atomic mass is 10.2. The second kappa shape index (κ2) is 2.58. The number of H-pyrrole nitrogens is 1. The molecule has 0 aliphatic heterocycles. The maximum atomic E-state index is 5.16. The van der Waals surface area contributed by atoms with Crippen molar-refractivity contribution in [1.82, 2.24) is 0 Å². The molecule has 2 heteroatoms. The minimum absolute atomic E-state index is 0.797. The van der Waals surface area contributed by atoms with Gasteiger partial charge in [-0.15, -0.1) is 0 Å². The van der Waals surface area contributed by atoms with E-state index in [0.717, 1.165) is 11.5 Å². The fraction of sp³-hybridized carbons (Fsp3) is 0. The first-order valence-electron chi connectivity index (χ1n) is 3.47. The van der Waals surface area contributed by atoms with Gasteiger partial charge in [0.25, 0.3) is 0 Å². The number of benzene rings is 1. The molecule has 0 bridgehead atoms. The molecule has 1 aromatic heterocycles. The summed E-state index contributed by atoms with van der Waals surface area (Å²) in [6.45, 7) is 0. The number of hydrogen-bond acceptors (Lipinski definition) is 1. The van der Waals surface area contributed by atoms with Crippen LogP contribution in [-0.2, 0) is 0 Å². The number of aromatic nitrogens is 1. The van der Waals surface area contributed by atoms with E-state index in [1.165, 1.54) is 0 Å². The van der Waals surface area contributed by atoms with E-state index in [9.17, 15) is 0 Å². The first-order chi connectivity index (χ1) is 5.47. The van der Waals surface area contributed by atoms with E-state index in [-0.39, 0.29) is 0 Å². The van der Waals surface area contributed by atoms with Crippen LogP contribution in [0.1, 0.15) is 0 Å². The Morgan fingerprint density at radius 3 is 2.55 bits per heavy atom. The van der Waals surface area contributed by atoms with E-state index in [0.29, 0.717) is 0 Å². The highest BCUT2D eigenvalue weighted by molar-refractivity contribution is 5.48. The van der Waals surface area contributed by atoms with Gasteiger partial charge in [0.15, 0.2) is 6.26 Å². The van der Waals surface area contributed by atoms with Crippen molar-refractivity contribution in [2.24, 2.45) is 0 Å². The third-order valence-corrected chi connectivity index (χ3v) is 1.50. The standard InChI is InChI=1S/C9H7NO/c1-2-4-8(5-3-1)9-10-6-7-11-9/h1-7H/p+1. The molecule has 0 saturated heterocycles. The molecule has 2 rings (SSSR count). The fourth-order valence-corrected chi connectivity index (χ4v) is 0.987. The topological polar surface area (TPSA) is 27.3 Å². The minimum Gasteiger partial charge on any atom is -0.406 e. The third-order valence-electron chi connectivity index (χ3n) is 1.50. The molecule has 54 valence electrons. The summed E-state index contributed by atoms with van der Waals surface area (Å²) in [6.07, 6.45) is 3.39. The third kappa shape index (κ3) is 1.15. The number of hydrogen-bond donors (Lipinski definition) is 0. The quantitative estimate of drug-likeness (QED) is 0.602. The molecular formula is C9H8NO+. The fourth-order valence-electron chi connectivity index (χ4n) is 0.987. The van der Waals surface area contributed by atoms with Crippen molar-refractivity contribution >= 4 is 0 Å². The zero-order valence-electron chi connectivity index (χ0n) is 5.95. The molecule has 2 nitrogen and oxygen atoms in total. The van der Waals surface area contributed by atoms with Crippen molar-refractivity contribution in [2.45, 2.75) is 0 Å². The maximum Gasteiger partial charge on any atom is 0.378 e. The summed E-state index contributed by atoms with van der Waals surface area (Å²) in [5.74, 6) is 0.797. The SMILES string of the molecule is c1ccc(-c2[nH+]cco2)cc1. The predicted molar refractivity (Wildman–Crippen MR) is 40.7 cm³/mol. The summed E-state index contributed by atoms with van der Waals surface area (Å²) in [5, 5.41) is 0. The van der Waals surface area contributed by atoms with Crippen LogP contribution in [0.5, 0.6) is 0 Å². The Labute approximate surface area is 64.5 Å². The molecule has 0 saturated carbocycles. The van der Waals surface area contributed by atoms with Crippen LogP contribution in [0.3, 0.4) is 0 Å². The van der Waals surface area contributed by atoms with Gasteiger partial charge in [0.05, 0.1) is 5.56 Å². The molecular weight excluding hydrogens is 138 g/mol. The summed E-state index contributed by atoms with van der Waals surface area (Å²) in [7, 11) is 0. The Morgan fingerprint density at radius 1 is 1.09 bits per heavy atom. The zero-order chi connectivity index (χ0) is 7.52. The van der Waals surface area contributed by atoms with Crippen LogP contribution in [0.15, 0.2) is 47.2 Å². The Hall–Kier alpha value is -1.57. The number of nitrogens with one attached hydrogen (secondary N) is 1. The molecule has 2 aromatic rings. The molecule has 1 N–H and O–H groups in total. The molecule has 0 fully saturated rings. The van der Waals surface area contributed by atoms with Gasteiger partial charge in [0.2, 0.25) is 6.20 Å². The van der Waals surface area contributed by atoms with E-state index in [1.807, 2.05) is 30.3 Å². The van der Waals surface area contributed by atoms with Crippen LogP contribution in [0.2, 0.25) is 0 Å². The Kier molecular flexibility index (Phi) is 1.44. The second-order valence-corrected chi connectivity index (χ2v) is 2.26. The van der Waals surface area contributed by atoms with Crippen molar-refractivity contribution in [3.8, 4) is 11.5 Å². The van der Waals surface area contributed by atoms with E-state index in [1.54, 1.807) is 12.5 Å². The van der Waals surface area contributed by atoms with Crippen LogP contribution >= 0.6 is 0 Å². The highest BCUT2D eigenvalue weighted by Gasteiger charge is 2.05. The Bertz CT molecular complexity index is 313. The summed E-state index contributed by atoms with van der Waals surface area (Å²) < 4.78 is 5.16. The van der Waals surface area contributed by atoms with Crippen LogP contribution < -0.4 is 4.98 Å². The zero-order valence-corrected chi connectivity index (χ0v) is 5.95. The van der Waals surface area contributed by atoms with E-state index in [2.05, 4.69) is 4.98 Å². The monoisotopic (exact) mass is 146 g/mol. The lowest BCUT2D eigenvalue weighted by Crippen LogP contribution is -1.97. The summed E-state index contributed by atoms with van der Waals surface area (Å²) >= 11 is 0. The average molecular weight is 146 g/mol. The van der Waals surface area contributed by atoms with Gasteiger partial charge in [-0.1, -0.05) is 18.2 Å². The Balaban J connectivity index is 2.46. The van der Waals surface area contributed by atoms with Crippen LogP contribution in [0.25, 0.3) is 11.5 Å². The molecule has 0 unspecified atom stereocenters. The van der Waals surface area contributed by atoms with Gasteiger partial charge in [-0.3, -0.25) is 0 Å². The molecule has 0 aliphatic carbocycles. The first-order valence-corrected chi connectivity index (χ1v) is 3.47. The second-order valence-electron chi connectivity index (χ2n) is 2.26. The molecule has 11 heavy (non-hydrogen) atoms. The first kappa shape index (κ1) is 6.16. The van der Waals surface area contributed by atoms with Crippen LogP contribution in [-0.4, -0.2) is 0 Å². The molecule has 0 spiro atoms. The van der Waals surface area contributed by atoms with Crippen molar-refractivity contribution in [3.63, 3.8) is 0 Å².